The summed E-state index contributed by atoms with van der Waals surface area (Å²) in [5.41, 5.74) is 2.93. The number of benzene rings is 2. The molecular formula is C21H23NO5. The number of carbonyl (C=O) groups is 2. The number of nitrogens with one attached hydrogen (secondary N) is 1. The molecule has 0 aliphatic carbocycles. The van der Waals surface area contributed by atoms with Gasteiger partial charge in [-0.2, -0.15) is 0 Å². The molecule has 0 unspecified atom stereocenters. The molecule has 0 heterocycles. The van der Waals surface area contributed by atoms with Crippen molar-refractivity contribution in [1.29, 1.82) is 0 Å². The average molecular weight is 369 g/mol. The topological polar surface area (TPSA) is 73.9 Å². The first kappa shape index (κ1) is 20.0. The highest BCUT2D eigenvalue weighted by molar-refractivity contribution is 5.87. The van der Waals surface area contributed by atoms with Crippen LogP contribution >= 0.6 is 0 Å². The Morgan fingerprint density at radius 1 is 1.07 bits per heavy atom. The van der Waals surface area contributed by atoms with E-state index < -0.39 is 5.97 Å². The molecule has 0 aliphatic rings. The van der Waals surface area contributed by atoms with Crippen molar-refractivity contribution in [2.45, 2.75) is 13.5 Å². The van der Waals surface area contributed by atoms with Crippen molar-refractivity contribution < 1.29 is 23.8 Å². The fourth-order valence-electron chi connectivity index (χ4n) is 2.34. The fourth-order valence-corrected chi connectivity index (χ4v) is 2.34. The third kappa shape index (κ3) is 6.18. The lowest BCUT2D eigenvalue weighted by Gasteiger charge is -2.12. The maximum atomic E-state index is 12.0. The molecule has 2 rings (SSSR count). The van der Waals surface area contributed by atoms with Crippen LogP contribution < -0.4 is 14.8 Å². The molecule has 0 aliphatic heterocycles. The highest BCUT2D eigenvalue weighted by atomic mass is 16.5. The minimum atomic E-state index is -0.445. The lowest BCUT2D eigenvalue weighted by atomic mass is 10.1. The van der Waals surface area contributed by atoms with Gasteiger partial charge in [-0.25, -0.2) is 4.79 Å². The van der Waals surface area contributed by atoms with E-state index in [0.717, 1.165) is 16.7 Å². The van der Waals surface area contributed by atoms with Crippen molar-refractivity contribution in [3.05, 3.63) is 65.2 Å². The van der Waals surface area contributed by atoms with E-state index in [9.17, 15) is 9.59 Å². The summed E-state index contributed by atoms with van der Waals surface area (Å²) < 4.78 is 15.4. The van der Waals surface area contributed by atoms with Crippen LogP contribution in [-0.4, -0.2) is 32.7 Å². The van der Waals surface area contributed by atoms with Crippen molar-refractivity contribution >= 4 is 18.0 Å². The molecule has 0 bridgehead atoms. The van der Waals surface area contributed by atoms with E-state index in [0.29, 0.717) is 18.0 Å². The lowest BCUT2D eigenvalue weighted by Crippen LogP contribution is -2.28. The second kappa shape index (κ2) is 10.0. The smallest absolute Gasteiger partial charge is 0.330 e. The van der Waals surface area contributed by atoms with Crippen molar-refractivity contribution in [3.63, 3.8) is 0 Å². The second-order valence-electron chi connectivity index (χ2n) is 5.76. The molecule has 1 N–H and O–H groups in total. The van der Waals surface area contributed by atoms with Crippen LogP contribution in [0.25, 0.3) is 6.08 Å². The zero-order chi connectivity index (χ0) is 19.6. The maximum absolute atomic E-state index is 12.0. The van der Waals surface area contributed by atoms with Gasteiger partial charge in [-0.3, -0.25) is 4.79 Å². The highest BCUT2D eigenvalue weighted by Gasteiger charge is 2.09. The largest absolute Gasteiger partial charge is 0.493 e. The molecule has 0 atom stereocenters. The van der Waals surface area contributed by atoms with Gasteiger partial charge in [0.15, 0.2) is 18.1 Å². The molecule has 142 valence electrons. The lowest BCUT2D eigenvalue weighted by molar-refractivity contribution is -0.134. The predicted molar refractivity (Wildman–Crippen MR) is 103 cm³/mol. The number of rotatable bonds is 8. The molecule has 2 aromatic rings. The molecule has 27 heavy (non-hydrogen) atoms. The Kier molecular flexibility index (Phi) is 7.43. The molecule has 0 spiro atoms. The normalized spacial score (nSPS) is 10.5. The van der Waals surface area contributed by atoms with Gasteiger partial charge in [0.25, 0.3) is 5.91 Å². The van der Waals surface area contributed by atoms with E-state index in [1.807, 2.05) is 31.2 Å². The number of hydrogen-bond acceptors (Lipinski definition) is 5. The van der Waals surface area contributed by atoms with Crippen molar-refractivity contribution in [2.24, 2.45) is 0 Å². The van der Waals surface area contributed by atoms with Crippen LogP contribution in [0.2, 0.25) is 0 Å². The molecular weight excluding hydrogens is 346 g/mol. The van der Waals surface area contributed by atoms with E-state index in [1.165, 1.54) is 20.3 Å². The molecule has 0 saturated heterocycles. The van der Waals surface area contributed by atoms with Gasteiger partial charge in [-0.1, -0.05) is 30.3 Å². The van der Waals surface area contributed by atoms with Gasteiger partial charge in [-0.15, -0.1) is 0 Å². The van der Waals surface area contributed by atoms with Gasteiger partial charge in [0.1, 0.15) is 0 Å². The summed E-state index contributed by atoms with van der Waals surface area (Å²) in [7, 11) is 2.82. The van der Waals surface area contributed by atoms with E-state index in [1.54, 1.807) is 24.3 Å². The van der Waals surface area contributed by atoms with Gasteiger partial charge < -0.3 is 19.5 Å². The summed E-state index contributed by atoms with van der Waals surface area (Å²) in [6.45, 7) is 2.32. The minimum absolute atomic E-state index is 0.125. The number of methoxy groups -OCH3 is 2. The minimum Gasteiger partial charge on any atom is -0.493 e. The van der Waals surface area contributed by atoms with Gasteiger partial charge in [0, 0.05) is 12.6 Å². The number of amides is 1. The summed E-state index contributed by atoms with van der Waals surface area (Å²) in [5, 5.41) is 2.83. The molecule has 0 aromatic heterocycles. The van der Waals surface area contributed by atoms with Gasteiger partial charge in [-0.05, 0) is 41.8 Å². The summed E-state index contributed by atoms with van der Waals surface area (Å²) >= 11 is 0. The molecule has 6 nitrogen and oxygen atoms in total. The van der Waals surface area contributed by atoms with E-state index in [4.69, 9.17) is 9.47 Å². The van der Waals surface area contributed by atoms with Crippen molar-refractivity contribution in [2.75, 3.05) is 20.8 Å². The Hall–Kier alpha value is -3.28. The Labute approximate surface area is 158 Å². The number of hydrogen-bond donors (Lipinski definition) is 1. The van der Waals surface area contributed by atoms with Crippen LogP contribution in [0.4, 0.5) is 0 Å². The molecule has 0 radical (unpaired) electrons. The number of esters is 1. The molecule has 0 saturated carbocycles. The Bertz CT molecular complexity index is 829. The first-order chi connectivity index (χ1) is 13.0. The predicted octanol–water partition coefficient (Wildman–Crippen LogP) is 2.89. The van der Waals surface area contributed by atoms with Gasteiger partial charge in [0.05, 0.1) is 14.2 Å². The second-order valence-corrected chi connectivity index (χ2v) is 5.76. The number of aryl methyl sites for hydroxylation is 1. The van der Waals surface area contributed by atoms with Crippen LogP contribution in [0.1, 0.15) is 16.7 Å². The molecule has 0 fully saturated rings. The summed E-state index contributed by atoms with van der Waals surface area (Å²) in [6, 6.07) is 13.0. The van der Waals surface area contributed by atoms with E-state index >= 15 is 0 Å². The third-order valence-corrected chi connectivity index (χ3v) is 3.90. The average Bonchev–Trinajstić information content (AvgIpc) is 2.69. The first-order valence-electron chi connectivity index (χ1n) is 8.41. The maximum Gasteiger partial charge on any atom is 0.330 e. The monoisotopic (exact) mass is 369 g/mol. The molecule has 2 aromatic carbocycles. The summed E-state index contributed by atoms with van der Waals surface area (Å²) in [4.78, 5) is 23.2. The van der Waals surface area contributed by atoms with Crippen molar-refractivity contribution in [1.82, 2.24) is 5.32 Å². The van der Waals surface area contributed by atoms with Gasteiger partial charge >= 0.3 is 5.97 Å². The van der Waals surface area contributed by atoms with Crippen LogP contribution in [0.3, 0.4) is 0 Å². The standard InChI is InChI=1S/C21H23NO5/c1-15-6-4-5-7-17(15)13-22-20(23)14-27-18-10-8-16(12-19(18)25-2)9-11-21(24)26-3/h4-12H,13-14H2,1-3H3,(H,22,23)/b11-9+. The Morgan fingerprint density at radius 3 is 2.56 bits per heavy atom. The highest BCUT2D eigenvalue weighted by Crippen LogP contribution is 2.28. The van der Waals surface area contributed by atoms with Crippen LogP contribution in [-0.2, 0) is 20.9 Å². The Morgan fingerprint density at radius 2 is 1.85 bits per heavy atom. The number of ether oxygens (including phenoxy) is 3. The van der Waals surface area contributed by atoms with Crippen LogP contribution in [0.5, 0.6) is 11.5 Å². The fraction of sp³-hybridized carbons (Fsp3) is 0.238. The summed E-state index contributed by atoms with van der Waals surface area (Å²) in [5.74, 6) is 0.238. The van der Waals surface area contributed by atoms with Crippen molar-refractivity contribution in [3.8, 4) is 11.5 Å². The zero-order valence-corrected chi connectivity index (χ0v) is 15.7. The van der Waals surface area contributed by atoms with E-state index in [-0.39, 0.29) is 12.5 Å². The molecule has 6 heteroatoms. The van der Waals surface area contributed by atoms with E-state index in [2.05, 4.69) is 10.1 Å². The number of carbonyl (C=O) groups excluding carboxylic acids is 2. The third-order valence-electron chi connectivity index (χ3n) is 3.90. The quantitative estimate of drug-likeness (QED) is 0.572. The van der Waals surface area contributed by atoms with Crippen LogP contribution in [0, 0.1) is 6.92 Å². The summed E-state index contributed by atoms with van der Waals surface area (Å²) in [6.07, 6.45) is 2.92. The van der Waals surface area contributed by atoms with Crippen LogP contribution in [0.15, 0.2) is 48.5 Å². The SMILES string of the molecule is COC(=O)/C=C/c1ccc(OCC(=O)NCc2ccccc2C)c(OC)c1. The zero-order valence-electron chi connectivity index (χ0n) is 15.7. The first-order valence-corrected chi connectivity index (χ1v) is 8.41. The van der Waals surface area contributed by atoms with Gasteiger partial charge in [0.2, 0.25) is 0 Å². The Balaban J connectivity index is 1.92. The molecule has 1 amide bonds.